The van der Waals surface area contributed by atoms with Gasteiger partial charge in [-0.3, -0.25) is 0 Å². The summed E-state index contributed by atoms with van der Waals surface area (Å²) in [6, 6.07) is 0. The maximum absolute atomic E-state index is 11.9. The molecule has 0 radical (unpaired) electrons. The first-order valence-electron chi connectivity index (χ1n) is 23.7. The van der Waals surface area contributed by atoms with Crippen molar-refractivity contribution in [3.05, 3.63) is 0 Å². The summed E-state index contributed by atoms with van der Waals surface area (Å²) in [6.07, 6.45) is -38.8. The Balaban J connectivity index is 1.12. The zero-order valence-electron chi connectivity index (χ0n) is 39.2. The Bertz CT molecular complexity index is 1540. The Morgan fingerprint density at radius 3 is 0.986 bits per heavy atom. The van der Waals surface area contributed by atoms with Crippen molar-refractivity contribution >= 4 is 0 Å². The fourth-order valence-corrected chi connectivity index (χ4v) is 9.99. The highest BCUT2D eigenvalue weighted by Gasteiger charge is 2.53. The Morgan fingerprint density at radius 2 is 0.565 bits per heavy atom. The highest BCUT2D eigenvalue weighted by Crippen LogP contribution is 2.33. The molecule has 26 nitrogen and oxygen atoms in total. The molecule has 0 bridgehead atoms. The van der Waals surface area contributed by atoms with Crippen LogP contribution in [0, 0.1) is 0 Å². The highest BCUT2D eigenvalue weighted by molar-refractivity contribution is 5.00. The van der Waals surface area contributed by atoms with E-state index in [1.807, 2.05) is 0 Å². The van der Waals surface area contributed by atoms with Crippen molar-refractivity contribution in [1.29, 1.82) is 0 Å². The van der Waals surface area contributed by atoms with Gasteiger partial charge < -0.3 is 129 Å². The lowest BCUT2D eigenvalue weighted by atomic mass is 9.92. The lowest BCUT2D eigenvalue weighted by molar-refractivity contribution is -0.298. The summed E-state index contributed by atoms with van der Waals surface area (Å²) in [5, 5.41) is 160. The van der Waals surface area contributed by atoms with Crippen LogP contribution in [0.25, 0.3) is 0 Å². The minimum atomic E-state index is -1.69. The smallest absolute Gasteiger partial charge is 0.115 e. The van der Waals surface area contributed by atoms with Gasteiger partial charge in [-0.15, -0.1) is 0 Å². The number of ether oxygens (including phenoxy) is 11. The maximum atomic E-state index is 11.9. The molecule has 0 aliphatic carbocycles. The largest absolute Gasteiger partial charge is 0.394 e. The number of hydrogen-bond acceptors (Lipinski definition) is 26. The second-order valence-corrected chi connectivity index (χ2v) is 19.1. The second kappa shape index (κ2) is 25.0. The van der Waals surface area contributed by atoms with Crippen LogP contribution in [0.4, 0.5) is 0 Å². The van der Waals surface area contributed by atoms with Crippen molar-refractivity contribution in [2.24, 2.45) is 0 Å². The number of rotatable bonds is 18. The fraction of sp³-hybridized carbons (Fsp3) is 1.00. The minimum Gasteiger partial charge on any atom is -0.394 e. The molecule has 0 aromatic carbocycles. The molecular weight excluding hydrogens is 932 g/mol. The van der Waals surface area contributed by atoms with Crippen LogP contribution in [0.3, 0.4) is 0 Å². The molecule has 0 spiro atoms. The van der Waals surface area contributed by atoms with Crippen LogP contribution in [-0.2, 0) is 52.1 Å². The van der Waals surface area contributed by atoms with E-state index in [9.17, 15) is 76.6 Å². The first-order valence-corrected chi connectivity index (χ1v) is 23.7. The SMILES string of the molecule is CCC1OC(C)C(OCC2OC(CO)C(OCC3OC(C)C(OCC4OC(CO)C(O)C(O)C4O)C(O)C3O)C(OCC3OC(C)C(OCC4OC(C)C(O)C(O)C4O)C(O)C3O)C2O)C(O)C1O. The van der Waals surface area contributed by atoms with Crippen LogP contribution >= 0.6 is 0 Å². The van der Waals surface area contributed by atoms with Gasteiger partial charge in [-0.25, -0.2) is 0 Å². The fourth-order valence-electron chi connectivity index (χ4n) is 9.99. The molecule has 30 atom stereocenters. The van der Waals surface area contributed by atoms with Crippen LogP contribution in [0.15, 0.2) is 0 Å². The van der Waals surface area contributed by atoms with Gasteiger partial charge >= 0.3 is 0 Å². The maximum Gasteiger partial charge on any atom is 0.115 e. The predicted molar refractivity (Wildman–Crippen MR) is 226 cm³/mol. The first-order chi connectivity index (χ1) is 32.6. The Morgan fingerprint density at radius 1 is 0.275 bits per heavy atom. The Hall–Kier alpha value is -1.04. The van der Waals surface area contributed by atoms with Crippen LogP contribution in [0.1, 0.15) is 41.0 Å². The van der Waals surface area contributed by atoms with E-state index < -0.39 is 223 Å². The highest BCUT2D eigenvalue weighted by atomic mass is 16.6. The number of aliphatic hydroxyl groups excluding tert-OH is 15. The average Bonchev–Trinajstić information content (AvgIpc) is 3.32. The lowest BCUT2D eigenvalue weighted by Gasteiger charge is -2.47. The van der Waals surface area contributed by atoms with E-state index in [1.165, 1.54) is 20.8 Å². The summed E-state index contributed by atoms with van der Waals surface area (Å²) in [4.78, 5) is 0. The van der Waals surface area contributed by atoms with Crippen molar-refractivity contribution in [3.8, 4) is 0 Å². The molecule has 69 heavy (non-hydrogen) atoms. The second-order valence-electron chi connectivity index (χ2n) is 19.1. The van der Waals surface area contributed by atoms with Crippen LogP contribution < -0.4 is 0 Å². The van der Waals surface area contributed by atoms with E-state index in [0.29, 0.717) is 6.42 Å². The molecule has 6 heterocycles. The van der Waals surface area contributed by atoms with Gasteiger partial charge in [0.2, 0.25) is 0 Å². The Kier molecular flexibility index (Phi) is 20.7. The molecule has 0 saturated carbocycles. The molecule has 6 saturated heterocycles. The van der Waals surface area contributed by atoms with Gasteiger partial charge in [0.1, 0.15) is 153 Å². The molecule has 30 unspecified atom stereocenters. The van der Waals surface area contributed by atoms with Gasteiger partial charge in [-0.2, -0.15) is 0 Å². The molecule has 6 aliphatic heterocycles. The molecule has 404 valence electrons. The van der Waals surface area contributed by atoms with E-state index >= 15 is 0 Å². The summed E-state index contributed by atoms with van der Waals surface area (Å²) in [7, 11) is 0. The summed E-state index contributed by atoms with van der Waals surface area (Å²) < 4.78 is 65.0. The van der Waals surface area contributed by atoms with Gasteiger partial charge in [0.25, 0.3) is 0 Å². The molecule has 6 rings (SSSR count). The normalized spacial score (nSPS) is 52.2. The molecular formula is C43H76O26. The zero-order valence-corrected chi connectivity index (χ0v) is 39.2. The number of aliphatic hydroxyl groups is 15. The quantitative estimate of drug-likeness (QED) is 0.0606. The van der Waals surface area contributed by atoms with Gasteiger partial charge in [0.15, 0.2) is 0 Å². The molecule has 15 N–H and O–H groups in total. The average molecular weight is 1010 g/mol. The molecule has 6 fully saturated rings. The van der Waals surface area contributed by atoms with E-state index in [2.05, 4.69) is 0 Å². The Labute approximate surface area is 398 Å². The van der Waals surface area contributed by atoms with Gasteiger partial charge in [-0.1, -0.05) is 6.92 Å². The number of hydrogen-bond donors (Lipinski definition) is 15. The third kappa shape index (κ3) is 12.6. The van der Waals surface area contributed by atoms with E-state index in [1.54, 1.807) is 13.8 Å². The summed E-state index contributed by atoms with van der Waals surface area (Å²) in [6.45, 7) is 4.32. The van der Waals surface area contributed by atoms with Crippen molar-refractivity contribution < 1.29 is 129 Å². The van der Waals surface area contributed by atoms with Gasteiger partial charge in [0.05, 0.1) is 76.8 Å². The minimum absolute atomic E-state index is 0.357. The third-order valence-corrected chi connectivity index (χ3v) is 14.3. The molecule has 0 aromatic rings. The molecule has 0 amide bonds. The monoisotopic (exact) mass is 1010 g/mol. The lowest BCUT2D eigenvalue weighted by Crippen LogP contribution is -2.65. The first kappa shape index (κ1) is 57.2. The van der Waals surface area contributed by atoms with Crippen LogP contribution in [0.2, 0.25) is 0 Å². The van der Waals surface area contributed by atoms with E-state index in [-0.39, 0.29) is 6.61 Å². The van der Waals surface area contributed by atoms with Crippen molar-refractivity contribution in [3.63, 3.8) is 0 Å². The third-order valence-electron chi connectivity index (χ3n) is 14.3. The van der Waals surface area contributed by atoms with Crippen LogP contribution in [0.5, 0.6) is 0 Å². The standard InChI is InChI=1S/C43H76O26/c1-6-18-27(47)36(56)39(15(3)65-18)61-13-25-33(53)43(63-11-23-32(52)38(58)40(16(4)67-23)59-9-21-29(49)34(54)26(46)14(2)64-21)42(20(8-45)69-25)62-10-22-31(51)37(57)41(17(5)66-22)60-12-24-30(50)35(55)28(48)19(7-44)68-24/h14-58H,6-13H2,1-5H3. The summed E-state index contributed by atoms with van der Waals surface area (Å²) in [5.74, 6) is 0. The van der Waals surface area contributed by atoms with Crippen molar-refractivity contribution in [2.45, 2.75) is 224 Å². The van der Waals surface area contributed by atoms with Crippen molar-refractivity contribution in [1.82, 2.24) is 0 Å². The molecule has 0 aromatic heterocycles. The molecule has 6 aliphatic rings. The topological polar surface area (TPSA) is 405 Å². The van der Waals surface area contributed by atoms with Gasteiger partial charge in [0, 0.05) is 0 Å². The predicted octanol–water partition coefficient (Wildman–Crippen LogP) is -8.32. The molecule has 26 heteroatoms. The summed E-state index contributed by atoms with van der Waals surface area (Å²) in [5.41, 5.74) is 0. The van der Waals surface area contributed by atoms with Crippen molar-refractivity contribution in [2.75, 3.05) is 46.2 Å². The zero-order chi connectivity index (χ0) is 50.8. The summed E-state index contributed by atoms with van der Waals surface area (Å²) >= 11 is 0. The van der Waals surface area contributed by atoms with Gasteiger partial charge in [-0.05, 0) is 34.1 Å². The van der Waals surface area contributed by atoms with E-state index in [4.69, 9.17) is 52.1 Å². The van der Waals surface area contributed by atoms with E-state index in [0.717, 1.165) is 0 Å². The van der Waals surface area contributed by atoms with Crippen LogP contribution in [-0.4, -0.2) is 306 Å².